The molecule has 3 aromatic rings. The van der Waals surface area contributed by atoms with E-state index in [9.17, 15) is 4.39 Å². The van der Waals surface area contributed by atoms with Crippen LogP contribution in [0.4, 0.5) is 4.39 Å². The number of hydrogen-bond acceptors (Lipinski definition) is 4. The summed E-state index contributed by atoms with van der Waals surface area (Å²) in [6, 6.07) is 12.5. The number of thiophene rings is 1. The summed E-state index contributed by atoms with van der Waals surface area (Å²) in [4.78, 5) is 10.7. The molecule has 0 saturated heterocycles. The maximum absolute atomic E-state index is 14.3. The lowest BCUT2D eigenvalue weighted by atomic mass is 10.2. The first-order valence-corrected chi connectivity index (χ1v) is 9.32. The predicted octanol–water partition coefficient (Wildman–Crippen LogP) is 4.87. The zero-order chi connectivity index (χ0) is 19.1. The maximum atomic E-state index is 14.3. The normalized spacial score (nSPS) is 10.9. The summed E-state index contributed by atoms with van der Waals surface area (Å²) in [5, 5.41) is 6.44. The number of aliphatic imine (C=N–C) groups is 1. The van der Waals surface area contributed by atoms with E-state index in [2.05, 4.69) is 39.7 Å². The van der Waals surface area contributed by atoms with E-state index in [4.69, 9.17) is 4.74 Å². The van der Waals surface area contributed by atoms with Crippen molar-refractivity contribution in [1.82, 2.24) is 15.6 Å². The average molecular weight is 512 g/mol. The van der Waals surface area contributed by atoms with Crippen LogP contribution in [0, 0.1) is 12.7 Å². The van der Waals surface area contributed by atoms with Gasteiger partial charge < -0.3 is 15.4 Å². The van der Waals surface area contributed by atoms with Crippen LogP contribution in [0.2, 0.25) is 0 Å². The number of pyridine rings is 1. The lowest BCUT2D eigenvalue weighted by Crippen LogP contribution is -2.36. The third-order valence-electron chi connectivity index (χ3n) is 3.77. The second-order valence-electron chi connectivity index (χ2n) is 5.85. The summed E-state index contributed by atoms with van der Waals surface area (Å²) >= 11 is 1.75. The van der Waals surface area contributed by atoms with Crippen LogP contribution in [-0.4, -0.2) is 18.0 Å². The van der Waals surface area contributed by atoms with Gasteiger partial charge in [-0.15, -0.1) is 35.3 Å². The highest BCUT2D eigenvalue weighted by Gasteiger charge is 2.07. The van der Waals surface area contributed by atoms with Crippen LogP contribution in [0.15, 0.2) is 59.9 Å². The van der Waals surface area contributed by atoms with E-state index >= 15 is 0 Å². The van der Waals surface area contributed by atoms with Crippen molar-refractivity contribution < 1.29 is 9.13 Å². The van der Waals surface area contributed by atoms with Crippen LogP contribution in [0.1, 0.15) is 15.3 Å². The van der Waals surface area contributed by atoms with Gasteiger partial charge in [-0.3, -0.25) is 9.98 Å². The Kier molecular flexibility index (Phi) is 8.65. The Morgan fingerprint density at radius 3 is 2.64 bits per heavy atom. The molecule has 0 atom stereocenters. The lowest BCUT2D eigenvalue weighted by Gasteiger charge is -2.12. The van der Waals surface area contributed by atoms with E-state index in [1.807, 2.05) is 6.07 Å². The average Bonchev–Trinajstić information content (AvgIpc) is 3.10. The highest BCUT2D eigenvalue weighted by molar-refractivity contribution is 14.0. The molecule has 0 bridgehead atoms. The van der Waals surface area contributed by atoms with E-state index in [-0.39, 0.29) is 29.7 Å². The lowest BCUT2D eigenvalue weighted by molar-refractivity contribution is 0.440. The fourth-order valence-electron chi connectivity index (χ4n) is 2.43. The maximum Gasteiger partial charge on any atom is 0.191 e. The zero-order valence-corrected chi connectivity index (χ0v) is 18.8. The minimum Gasteiger partial charge on any atom is -0.453 e. The van der Waals surface area contributed by atoms with Crippen LogP contribution >= 0.6 is 35.3 Å². The highest BCUT2D eigenvalue weighted by atomic mass is 127. The number of hydrogen-bond donors (Lipinski definition) is 2. The Morgan fingerprint density at radius 1 is 1.18 bits per heavy atom. The standard InChI is InChI=1S/C20H21FN4OS.HI/c1-14-5-7-17(27-14)13-25-20(22-2)24-11-15-6-8-19(18(21)10-15)26-16-4-3-9-23-12-16;/h3-10,12H,11,13H2,1-2H3,(H2,22,24,25);1H. The van der Waals surface area contributed by atoms with Gasteiger partial charge in [0.2, 0.25) is 0 Å². The molecule has 0 aliphatic carbocycles. The van der Waals surface area contributed by atoms with Gasteiger partial charge in [0, 0.05) is 29.5 Å². The molecule has 148 valence electrons. The summed E-state index contributed by atoms with van der Waals surface area (Å²) < 4.78 is 19.8. The molecule has 0 aliphatic rings. The number of aryl methyl sites for hydroxylation is 1. The van der Waals surface area contributed by atoms with Gasteiger partial charge in [0.1, 0.15) is 5.75 Å². The summed E-state index contributed by atoms with van der Waals surface area (Å²) in [6.45, 7) is 3.23. The molecule has 2 heterocycles. The van der Waals surface area contributed by atoms with E-state index in [0.29, 0.717) is 24.8 Å². The number of ether oxygens (including phenoxy) is 1. The van der Waals surface area contributed by atoms with Crippen molar-refractivity contribution in [3.05, 3.63) is 76.0 Å². The number of aromatic nitrogens is 1. The molecule has 5 nitrogen and oxygen atoms in total. The third kappa shape index (κ3) is 6.45. The Bertz CT molecular complexity index is 918. The van der Waals surface area contributed by atoms with Gasteiger partial charge in [0.25, 0.3) is 0 Å². The number of nitrogens with one attached hydrogen (secondary N) is 2. The fourth-order valence-corrected chi connectivity index (χ4v) is 3.26. The number of rotatable bonds is 6. The van der Waals surface area contributed by atoms with Crippen molar-refractivity contribution in [2.75, 3.05) is 7.05 Å². The van der Waals surface area contributed by atoms with Gasteiger partial charge in [-0.25, -0.2) is 4.39 Å². The molecular weight excluding hydrogens is 490 g/mol. The quantitative estimate of drug-likeness (QED) is 0.281. The minimum absolute atomic E-state index is 0. The van der Waals surface area contributed by atoms with Crippen LogP contribution in [0.5, 0.6) is 11.5 Å². The SMILES string of the molecule is CN=C(NCc1ccc(Oc2cccnc2)c(F)c1)NCc1ccc(C)s1.I. The van der Waals surface area contributed by atoms with Gasteiger partial charge >= 0.3 is 0 Å². The Balaban J connectivity index is 0.00000280. The Hall–Kier alpha value is -2.20. The molecule has 0 amide bonds. The molecule has 8 heteroatoms. The molecule has 0 fully saturated rings. The van der Waals surface area contributed by atoms with Crippen molar-refractivity contribution in [1.29, 1.82) is 0 Å². The van der Waals surface area contributed by atoms with E-state index in [1.165, 1.54) is 15.8 Å². The molecular formula is C20H22FIN4OS. The molecule has 2 N–H and O–H groups in total. The molecule has 2 aromatic heterocycles. The third-order valence-corrected chi connectivity index (χ3v) is 4.77. The summed E-state index contributed by atoms with van der Waals surface area (Å²) in [5.74, 6) is 0.908. The molecule has 0 radical (unpaired) electrons. The monoisotopic (exact) mass is 512 g/mol. The molecule has 3 rings (SSSR count). The molecule has 0 aliphatic heterocycles. The molecule has 28 heavy (non-hydrogen) atoms. The van der Waals surface area contributed by atoms with Gasteiger partial charge in [0.15, 0.2) is 17.5 Å². The van der Waals surface area contributed by atoms with Crippen molar-refractivity contribution in [3.8, 4) is 11.5 Å². The Labute approximate surface area is 185 Å². The first-order valence-electron chi connectivity index (χ1n) is 8.50. The topological polar surface area (TPSA) is 58.5 Å². The zero-order valence-electron chi connectivity index (χ0n) is 15.6. The molecule has 0 spiro atoms. The number of halogens is 2. The largest absolute Gasteiger partial charge is 0.453 e. The fraction of sp³-hybridized carbons (Fsp3) is 0.200. The number of guanidine groups is 1. The van der Waals surface area contributed by atoms with Gasteiger partial charge in [0.05, 0.1) is 12.7 Å². The highest BCUT2D eigenvalue weighted by Crippen LogP contribution is 2.24. The van der Waals surface area contributed by atoms with Crippen molar-refractivity contribution in [2.45, 2.75) is 20.0 Å². The van der Waals surface area contributed by atoms with E-state index in [0.717, 1.165) is 5.56 Å². The van der Waals surface area contributed by atoms with Crippen LogP contribution < -0.4 is 15.4 Å². The summed E-state index contributed by atoms with van der Waals surface area (Å²) in [5.41, 5.74) is 0.793. The van der Waals surface area contributed by atoms with Crippen molar-refractivity contribution >= 4 is 41.3 Å². The van der Waals surface area contributed by atoms with Crippen LogP contribution in [0.25, 0.3) is 0 Å². The van der Waals surface area contributed by atoms with E-state index < -0.39 is 5.82 Å². The van der Waals surface area contributed by atoms with Crippen molar-refractivity contribution in [2.24, 2.45) is 4.99 Å². The van der Waals surface area contributed by atoms with E-state index in [1.54, 1.807) is 49.0 Å². The first-order chi connectivity index (χ1) is 13.1. The molecule has 0 unspecified atom stereocenters. The first kappa shape index (κ1) is 22.1. The van der Waals surface area contributed by atoms with Gasteiger partial charge in [-0.2, -0.15) is 0 Å². The van der Waals surface area contributed by atoms with Crippen LogP contribution in [-0.2, 0) is 13.1 Å². The van der Waals surface area contributed by atoms with Crippen molar-refractivity contribution in [3.63, 3.8) is 0 Å². The van der Waals surface area contributed by atoms with Gasteiger partial charge in [-0.1, -0.05) is 6.07 Å². The second-order valence-corrected chi connectivity index (χ2v) is 7.22. The smallest absolute Gasteiger partial charge is 0.191 e. The number of benzene rings is 1. The number of nitrogens with zero attached hydrogens (tertiary/aromatic N) is 2. The minimum atomic E-state index is -0.421. The predicted molar refractivity (Wildman–Crippen MR) is 122 cm³/mol. The Morgan fingerprint density at radius 2 is 2.00 bits per heavy atom. The van der Waals surface area contributed by atoms with Crippen LogP contribution in [0.3, 0.4) is 0 Å². The summed E-state index contributed by atoms with van der Waals surface area (Å²) in [6.07, 6.45) is 3.18. The summed E-state index contributed by atoms with van der Waals surface area (Å²) in [7, 11) is 1.71. The van der Waals surface area contributed by atoms with Gasteiger partial charge in [-0.05, 0) is 48.9 Å². The molecule has 1 aromatic carbocycles. The second kappa shape index (κ2) is 11.0. The molecule has 0 saturated carbocycles.